The molecule has 0 saturated carbocycles. The largest absolute Gasteiger partial charge is 0.338 e. The van der Waals surface area contributed by atoms with Gasteiger partial charge in [-0.3, -0.25) is 10.1 Å². The fourth-order valence-electron chi connectivity index (χ4n) is 3.46. The van der Waals surface area contributed by atoms with Gasteiger partial charge in [0.05, 0.1) is 10.7 Å². The Balaban J connectivity index is 1.36. The number of nitro groups is 1. The maximum Gasteiger partial charge on any atom is 0.269 e. The van der Waals surface area contributed by atoms with Crippen molar-refractivity contribution in [1.29, 1.82) is 0 Å². The number of aryl methyl sites for hydroxylation is 2. The third kappa shape index (κ3) is 3.49. The van der Waals surface area contributed by atoms with Crippen LogP contribution in [0.4, 0.5) is 5.69 Å². The molecule has 0 bridgehead atoms. The number of nitro benzene ring substituents is 1. The summed E-state index contributed by atoms with van der Waals surface area (Å²) in [6.45, 7) is 0. The smallest absolute Gasteiger partial charge is 0.269 e. The molecule has 0 amide bonds. The predicted octanol–water partition coefficient (Wildman–Crippen LogP) is 4.82. The van der Waals surface area contributed by atoms with Crippen LogP contribution in [0.15, 0.2) is 40.1 Å². The summed E-state index contributed by atoms with van der Waals surface area (Å²) in [5, 5.41) is 16.9. The Morgan fingerprint density at radius 3 is 2.83 bits per heavy atom. The topological polar surface area (TPSA) is 108 Å². The fourth-order valence-corrected chi connectivity index (χ4v) is 5.62. The van der Waals surface area contributed by atoms with Crippen molar-refractivity contribution in [2.24, 2.45) is 0 Å². The fraction of sp³-hybridized carbons (Fsp3) is 0.263. The van der Waals surface area contributed by atoms with Crippen molar-refractivity contribution >= 4 is 39.0 Å². The molecule has 146 valence electrons. The summed E-state index contributed by atoms with van der Waals surface area (Å²) >= 11 is 3.34. The highest BCUT2D eigenvalue weighted by atomic mass is 32.2. The number of thiophene rings is 1. The Kier molecular flexibility index (Phi) is 4.72. The number of thioether (sulfide) groups is 1. The van der Waals surface area contributed by atoms with E-state index in [1.165, 1.54) is 40.8 Å². The van der Waals surface area contributed by atoms with Crippen LogP contribution in [0.3, 0.4) is 0 Å². The number of benzene rings is 1. The van der Waals surface area contributed by atoms with Gasteiger partial charge in [-0.15, -0.1) is 11.3 Å². The summed E-state index contributed by atoms with van der Waals surface area (Å²) < 4.78 is 5.37. The Hall–Kier alpha value is -2.85. The molecule has 3 aromatic heterocycles. The molecule has 8 nitrogen and oxygen atoms in total. The molecule has 29 heavy (non-hydrogen) atoms. The minimum absolute atomic E-state index is 0.0277. The molecule has 0 atom stereocenters. The van der Waals surface area contributed by atoms with Gasteiger partial charge in [0, 0.05) is 28.0 Å². The van der Waals surface area contributed by atoms with Gasteiger partial charge in [0.1, 0.15) is 16.2 Å². The minimum atomic E-state index is -0.437. The first-order valence-corrected chi connectivity index (χ1v) is 10.9. The molecule has 0 fully saturated rings. The Morgan fingerprint density at radius 1 is 1.17 bits per heavy atom. The van der Waals surface area contributed by atoms with Crippen molar-refractivity contribution < 1.29 is 9.45 Å². The van der Waals surface area contributed by atoms with E-state index >= 15 is 0 Å². The van der Waals surface area contributed by atoms with Crippen molar-refractivity contribution in [3.8, 4) is 11.4 Å². The van der Waals surface area contributed by atoms with Gasteiger partial charge in [-0.2, -0.15) is 4.98 Å². The van der Waals surface area contributed by atoms with Crippen LogP contribution in [-0.2, 0) is 18.6 Å². The summed E-state index contributed by atoms with van der Waals surface area (Å²) in [5.41, 5.74) is 2.10. The third-order valence-electron chi connectivity index (χ3n) is 4.85. The highest BCUT2D eigenvalue weighted by Crippen LogP contribution is 2.39. The van der Waals surface area contributed by atoms with Gasteiger partial charge in [-0.25, -0.2) is 9.97 Å². The van der Waals surface area contributed by atoms with E-state index in [2.05, 4.69) is 20.1 Å². The SMILES string of the molecule is O=[N+]([O-])c1ccc(-c2noc(CSc3ncnc4sc5c(c34)CCCC5)n2)cc1. The van der Waals surface area contributed by atoms with Crippen LogP contribution in [0.5, 0.6) is 0 Å². The second kappa shape index (κ2) is 7.53. The number of rotatable bonds is 5. The quantitative estimate of drug-likeness (QED) is 0.194. The first-order valence-electron chi connectivity index (χ1n) is 9.14. The molecule has 1 aliphatic rings. The van der Waals surface area contributed by atoms with Gasteiger partial charge in [0.2, 0.25) is 11.7 Å². The minimum Gasteiger partial charge on any atom is -0.338 e. The average molecular weight is 425 g/mol. The van der Waals surface area contributed by atoms with Gasteiger partial charge in [0.15, 0.2) is 0 Å². The molecule has 0 spiro atoms. The molecule has 3 heterocycles. The average Bonchev–Trinajstić information content (AvgIpc) is 3.37. The molecule has 1 aromatic carbocycles. The third-order valence-corrected chi connectivity index (χ3v) is 7.03. The second-order valence-electron chi connectivity index (χ2n) is 6.67. The number of fused-ring (bicyclic) bond motifs is 3. The van der Waals surface area contributed by atoms with E-state index < -0.39 is 4.92 Å². The Labute approximate surface area is 173 Å². The van der Waals surface area contributed by atoms with Crippen LogP contribution in [-0.4, -0.2) is 25.0 Å². The number of non-ortho nitro benzene ring substituents is 1. The van der Waals surface area contributed by atoms with Crippen molar-refractivity contribution in [2.75, 3.05) is 0 Å². The standard InChI is InChI=1S/C19H15N5O3S2/c25-24(26)12-7-5-11(6-8-12)17-22-15(27-23-17)9-28-18-16-13-3-1-2-4-14(13)29-19(16)21-10-20-18/h5-8,10H,1-4,9H2. The van der Waals surface area contributed by atoms with Crippen LogP contribution >= 0.6 is 23.1 Å². The van der Waals surface area contributed by atoms with Gasteiger partial charge >= 0.3 is 0 Å². The van der Waals surface area contributed by atoms with E-state index in [9.17, 15) is 10.1 Å². The molecule has 4 aromatic rings. The van der Waals surface area contributed by atoms with Gasteiger partial charge in [-0.1, -0.05) is 16.9 Å². The number of nitrogens with zero attached hydrogens (tertiary/aromatic N) is 5. The molecule has 10 heteroatoms. The van der Waals surface area contributed by atoms with Crippen molar-refractivity contribution in [3.63, 3.8) is 0 Å². The predicted molar refractivity (Wildman–Crippen MR) is 110 cm³/mol. The molecule has 0 saturated heterocycles. The summed E-state index contributed by atoms with van der Waals surface area (Å²) in [5.74, 6) is 1.40. The summed E-state index contributed by atoms with van der Waals surface area (Å²) in [6, 6.07) is 6.09. The molecular weight excluding hydrogens is 410 g/mol. The van der Waals surface area contributed by atoms with E-state index in [4.69, 9.17) is 4.52 Å². The van der Waals surface area contributed by atoms with Crippen molar-refractivity contribution in [3.05, 3.63) is 57.0 Å². The van der Waals surface area contributed by atoms with Crippen LogP contribution in [0.25, 0.3) is 21.6 Å². The Bertz CT molecular complexity index is 1200. The molecule has 0 unspecified atom stereocenters. The highest BCUT2D eigenvalue weighted by molar-refractivity contribution is 7.98. The Morgan fingerprint density at radius 2 is 2.00 bits per heavy atom. The zero-order chi connectivity index (χ0) is 19.8. The van der Waals surface area contributed by atoms with Crippen LogP contribution in [0.1, 0.15) is 29.2 Å². The maximum atomic E-state index is 10.8. The second-order valence-corrected chi connectivity index (χ2v) is 8.72. The van der Waals surface area contributed by atoms with E-state index in [0.29, 0.717) is 23.0 Å². The monoisotopic (exact) mass is 425 g/mol. The summed E-state index contributed by atoms with van der Waals surface area (Å²) in [7, 11) is 0. The van der Waals surface area contributed by atoms with Crippen molar-refractivity contribution in [2.45, 2.75) is 36.5 Å². The molecule has 0 radical (unpaired) electrons. The van der Waals surface area contributed by atoms with E-state index in [0.717, 1.165) is 22.7 Å². The lowest BCUT2D eigenvalue weighted by atomic mass is 9.97. The van der Waals surface area contributed by atoms with E-state index in [1.54, 1.807) is 41.6 Å². The molecular formula is C19H15N5O3S2. The first-order chi connectivity index (χ1) is 14.2. The molecule has 5 rings (SSSR count). The number of aromatic nitrogens is 4. The van der Waals surface area contributed by atoms with Gasteiger partial charge < -0.3 is 4.52 Å². The lowest BCUT2D eigenvalue weighted by Crippen LogP contribution is -1.99. The molecule has 1 aliphatic carbocycles. The van der Waals surface area contributed by atoms with Crippen LogP contribution in [0, 0.1) is 10.1 Å². The van der Waals surface area contributed by atoms with Crippen LogP contribution in [0.2, 0.25) is 0 Å². The summed E-state index contributed by atoms with van der Waals surface area (Å²) in [6.07, 6.45) is 6.27. The van der Waals surface area contributed by atoms with Gasteiger partial charge in [-0.05, 0) is 43.4 Å². The van der Waals surface area contributed by atoms with E-state index in [1.807, 2.05) is 0 Å². The number of hydrogen-bond donors (Lipinski definition) is 0. The zero-order valence-electron chi connectivity index (χ0n) is 15.2. The molecule has 0 N–H and O–H groups in total. The van der Waals surface area contributed by atoms with Crippen LogP contribution < -0.4 is 0 Å². The zero-order valence-corrected chi connectivity index (χ0v) is 16.8. The van der Waals surface area contributed by atoms with E-state index in [-0.39, 0.29) is 5.69 Å². The lowest BCUT2D eigenvalue weighted by molar-refractivity contribution is -0.384. The first kappa shape index (κ1) is 18.2. The highest BCUT2D eigenvalue weighted by Gasteiger charge is 2.20. The molecule has 0 aliphatic heterocycles. The number of hydrogen-bond acceptors (Lipinski definition) is 9. The van der Waals surface area contributed by atoms with Gasteiger partial charge in [0.25, 0.3) is 5.69 Å². The lowest BCUT2D eigenvalue weighted by Gasteiger charge is -2.11. The van der Waals surface area contributed by atoms with Crippen molar-refractivity contribution in [1.82, 2.24) is 20.1 Å². The maximum absolute atomic E-state index is 10.8. The summed E-state index contributed by atoms with van der Waals surface area (Å²) in [4.78, 5) is 26.2. The normalized spacial score (nSPS) is 13.5.